The number of piperidine rings is 1. The molecular weight excluding hydrogens is 474 g/mol. The zero-order valence-corrected chi connectivity index (χ0v) is 20.8. The lowest BCUT2D eigenvalue weighted by Crippen LogP contribution is -2.45. The van der Waals surface area contributed by atoms with Crippen LogP contribution in [0.25, 0.3) is 16.6 Å². The molecular formula is C27H27N5O3S. The maximum atomic E-state index is 13.5. The van der Waals surface area contributed by atoms with Crippen molar-refractivity contribution in [2.24, 2.45) is 0 Å². The summed E-state index contributed by atoms with van der Waals surface area (Å²) in [7, 11) is -3.86. The Morgan fingerprint density at radius 1 is 1.00 bits per heavy atom. The van der Waals surface area contributed by atoms with E-state index < -0.39 is 10.0 Å². The van der Waals surface area contributed by atoms with Gasteiger partial charge in [-0.1, -0.05) is 43.0 Å². The van der Waals surface area contributed by atoms with Crippen molar-refractivity contribution in [3.05, 3.63) is 90.9 Å². The largest absolute Gasteiger partial charge is 0.356 e. The first-order chi connectivity index (χ1) is 17.4. The van der Waals surface area contributed by atoms with Gasteiger partial charge >= 0.3 is 0 Å². The van der Waals surface area contributed by atoms with Gasteiger partial charge in [0.15, 0.2) is 5.65 Å². The minimum atomic E-state index is -3.86. The summed E-state index contributed by atoms with van der Waals surface area (Å²) in [6.07, 6.45) is 4.48. The van der Waals surface area contributed by atoms with E-state index in [9.17, 15) is 13.2 Å². The van der Waals surface area contributed by atoms with Gasteiger partial charge in [-0.2, -0.15) is 0 Å². The summed E-state index contributed by atoms with van der Waals surface area (Å²) in [5.41, 5.74) is 2.38. The molecule has 1 fully saturated rings. The van der Waals surface area contributed by atoms with Crippen LogP contribution in [-0.2, 0) is 10.0 Å². The first-order valence-corrected chi connectivity index (χ1v) is 13.2. The van der Waals surface area contributed by atoms with Crippen molar-refractivity contribution in [1.29, 1.82) is 0 Å². The number of nitrogens with zero attached hydrogens (tertiary/aromatic N) is 4. The van der Waals surface area contributed by atoms with Gasteiger partial charge in [0.1, 0.15) is 12.1 Å². The van der Waals surface area contributed by atoms with Crippen molar-refractivity contribution in [1.82, 2.24) is 19.3 Å². The second kappa shape index (κ2) is 9.58. The lowest BCUT2D eigenvalue weighted by Gasteiger charge is -2.33. The Balaban J connectivity index is 1.44. The van der Waals surface area contributed by atoms with Gasteiger partial charge in [-0.25, -0.2) is 22.4 Å². The molecule has 184 valence electrons. The van der Waals surface area contributed by atoms with E-state index in [0.29, 0.717) is 41.1 Å². The number of carbonyl (C=O) groups excluding carboxylic acids is 1. The van der Waals surface area contributed by atoms with Crippen LogP contribution in [0.5, 0.6) is 0 Å². The highest BCUT2D eigenvalue weighted by Gasteiger charge is 2.28. The average molecular weight is 502 g/mol. The fourth-order valence-corrected chi connectivity index (χ4v) is 5.90. The molecule has 0 unspecified atom stereocenters. The number of allylic oxidation sites excluding steroid dienone is 1. The average Bonchev–Trinajstić information content (AvgIpc) is 3.31. The lowest BCUT2D eigenvalue weighted by molar-refractivity contribution is 0.0931. The first kappa shape index (κ1) is 23.7. The van der Waals surface area contributed by atoms with Crippen LogP contribution < -0.4 is 10.2 Å². The second-order valence-corrected chi connectivity index (χ2v) is 10.7. The van der Waals surface area contributed by atoms with Crippen LogP contribution in [0.4, 0.5) is 5.82 Å². The molecule has 0 spiro atoms. The van der Waals surface area contributed by atoms with Crippen LogP contribution in [0, 0.1) is 0 Å². The van der Waals surface area contributed by atoms with Crippen LogP contribution in [0.3, 0.4) is 0 Å². The summed E-state index contributed by atoms with van der Waals surface area (Å²) in [6.45, 7) is 7.25. The monoisotopic (exact) mass is 501 g/mol. The normalized spacial score (nSPS) is 14.6. The van der Waals surface area contributed by atoms with Gasteiger partial charge < -0.3 is 10.2 Å². The standard InChI is InChI=1S/C27H27N5O3S/c1-19(2)23-17-32(36(34,35)22-11-7-4-8-12-22)26-24(23)25(28-18-29-26)31-15-13-21(14-16-31)30-27(33)20-9-5-3-6-10-20/h3-12,17-18,21H,1,13-16H2,2H3,(H,30,33). The summed E-state index contributed by atoms with van der Waals surface area (Å²) in [4.78, 5) is 23.8. The first-order valence-electron chi connectivity index (χ1n) is 11.8. The highest BCUT2D eigenvalue weighted by molar-refractivity contribution is 7.90. The number of rotatable bonds is 6. The lowest BCUT2D eigenvalue weighted by atomic mass is 10.0. The molecule has 0 aliphatic carbocycles. The molecule has 5 rings (SSSR count). The van der Waals surface area contributed by atoms with Crippen molar-refractivity contribution in [2.45, 2.75) is 30.7 Å². The molecule has 1 aliphatic rings. The molecule has 9 heteroatoms. The van der Waals surface area contributed by atoms with Crippen molar-refractivity contribution >= 4 is 38.4 Å². The van der Waals surface area contributed by atoms with E-state index in [1.165, 1.54) is 10.3 Å². The highest BCUT2D eigenvalue weighted by Crippen LogP contribution is 2.35. The summed E-state index contributed by atoms with van der Waals surface area (Å²) < 4.78 is 28.1. The maximum Gasteiger partial charge on any atom is 0.269 e. The Hall–Kier alpha value is -3.98. The van der Waals surface area contributed by atoms with Gasteiger partial charge in [0, 0.05) is 36.5 Å². The summed E-state index contributed by atoms with van der Waals surface area (Å²) in [5, 5.41) is 3.78. The fraction of sp³-hybridized carbons (Fsp3) is 0.222. The van der Waals surface area contributed by atoms with Crippen LogP contribution in [0.2, 0.25) is 0 Å². The number of hydrogen-bond acceptors (Lipinski definition) is 6. The molecule has 0 bridgehead atoms. The van der Waals surface area contributed by atoms with E-state index in [2.05, 4.69) is 26.8 Å². The number of amides is 1. The molecule has 1 N–H and O–H groups in total. The molecule has 0 saturated carbocycles. The molecule has 0 radical (unpaired) electrons. The second-order valence-electron chi connectivity index (χ2n) is 8.93. The quantitative estimate of drug-likeness (QED) is 0.427. The van der Waals surface area contributed by atoms with E-state index in [1.807, 2.05) is 25.1 Å². The van der Waals surface area contributed by atoms with Gasteiger partial charge in [0.2, 0.25) is 0 Å². The predicted octanol–water partition coefficient (Wildman–Crippen LogP) is 4.10. The van der Waals surface area contributed by atoms with Gasteiger partial charge in [-0.05, 0) is 49.6 Å². The fourth-order valence-electron chi connectivity index (χ4n) is 4.56. The van der Waals surface area contributed by atoms with Gasteiger partial charge in [-0.3, -0.25) is 4.79 Å². The number of aromatic nitrogens is 3. The van der Waals surface area contributed by atoms with Crippen LogP contribution in [0.1, 0.15) is 35.7 Å². The molecule has 1 aliphatic heterocycles. The molecule has 0 atom stereocenters. The Morgan fingerprint density at radius 3 is 2.28 bits per heavy atom. The van der Waals surface area contributed by atoms with Gasteiger partial charge in [-0.15, -0.1) is 0 Å². The Kier molecular flexibility index (Phi) is 6.32. The van der Waals surface area contributed by atoms with Gasteiger partial charge in [0.25, 0.3) is 15.9 Å². The SMILES string of the molecule is C=C(C)c1cn(S(=O)(=O)c2ccccc2)c2ncnc(N3CCC(NC(=O)c4ccccc4)CC3)c12. The Morgan fingerprint density at radius 2 is 1.64 bits per heavy atom. The van der Waals surface area contributed by atoms with E-state index in [4.69, 9.17) is 0 Å². The van der Waals surface area contributed by atoms with E-state index >= 15 is 0 Å². The number of hydrogen-bond donors (Lipinski definition) is 1. The zero-order valence-electron chi connectivity index (χ0n) is 20.0. The summed E-state index contributed by atoms with van der Waals surface area (Å²) >= 11 is 0. The number of fused-ring (bicyclic) bond motifs is 1. The van der Waals surface area contributed by atoms with Crippen LogP contribution in [0.15, 0.2) is 84.7 Å². The molecule has 1 saturated heterocycles. The number of carbonyl (C=O) groups is 1. The van der Waals surface area contributed by atoms with Crippen LogP contribution >= 0.6 is 0 Å². The molecule has 36 heavy (non-hydrogen) atoms. The number of anilines is 1. The Bertz CT molecular complexity index is 1520. The third kappa shape index (κ3) is 4.37. The van der Waals surface area contributed by atoms with Gasteiger partial charge in [0.05, 0.1) is 10.3 Å². The molecule has 2 aromatic carbocycles. The van der Waals surface area contributed by atoms with Crippen molar-refractivity contribution in [3.63, 3.8) is 0 Å². The number of benzene rings is 2. The maximum absolute atomic E-state index is 13.5. The van der Waals surface area contributed by atoms with Crippen molar-refractivity contribution in [2.75, 3.05) is 18.0 Å². The molecule has 1 amide bonds. The molecule has 8 nitrogen and oxygen atoms in total. The number of nitrogens with one attached hydrogen (secondary N) is 1. The minimum absolute atomic E-state index is 0.0509. The zero-order chi connectivity index (χ0) is 25.3. The van der Waals surface area contributed by atoms with E-state index in [1.54, 1.807) is 48.7 Å². The van der Waals surface area contributed by atoms with Crippen LogP contribution in [-0.4, -0.2) is 47.4 Å². The predicted molar refractivity (Wildman–Crippen MR) is 140 cm³/mol. The summed E-state index contributed by atoms with van der Waals surface area (Å²) in [6, 6.07) is 17.5. The van der Waals surface area contributed by atoms with Crippen molar-refractivity contribution in [3.8, 4) is 0 Å². The molecule has 3 heterocycles. The van der Waals surface area contributed by atoms with E-state index in [-0.39, 0.29) is 16.8 Å². The summed E-state index contributed by atoms with van der Waals surface area (Å²) in [5.74, 6) is 0.596. The van der Waals surface area contributed by atoms with E-state index in [0.717, 1.165) is 18.4 Å². The molecule has 4 aromatic rings. The molecule has 2 aromatic heterocycles. The highest BCUT2D eigenvalue weighted by atomic mass is 32.2. The smallest absolute Gasteiger partial charge is 0.269 e. The third-order valence-electron chi connectivity index (χ3n) is 6.46. The van der Waals surface area contributed by atoms with Crippen molar-refractivity contribution < 1.29 is 13.2 Å². The topological polar surface area (TPSA) is 97.2 Å². The minimum Gasteiger partial charge on any atom is -0.356 e. The Labute approximate surface area is 210 Å². The third-order valence-corrected chi connectivity index (χ3v) is 8.12.